The van der Waals surface area contributed by atoms with Gasteiger partial charge in [0.1, 0.15) is 6.54 Å². The van der Waals surface area contributed by atoms with E-state index in [1.807, 2.05) is 30.3 Å². The molecule has 0 aliphatic heterocycles. The Bertz CT molecular complexity index is 744. The monoisotopic (exact) mass is 364 g/mol. The van der Waals surface area contributed by atoms with E-state index in [-0.39, 0.29) is 18.1 Å². The van der Waals surface area contributed by atoms with Crippen molar-refractivity contribution in [3.8, 4) is 0 Å². The van der Waals surface area contributed by atoms with Crippen molar-refractivity contribution >= 4 is 17.5 Å². The Kier molecular flexibility index (Phi) is 6.38. The second-order valence-electron chi connectivity index (χ2n) is 5.74. The summed E-state index contributed by atoms with van der Waals surface area (Å²) in [6.07, 6.45) is -3.80. The van der Waals surface area contributed by atoms with Crippen LogP contribution in [0.3, 0.4) is 0 Å². The minimum absolute atomic E-state index is 0.240. The molecule has 7 heteroatoms. The van der Waals surface area contributed by atoms with Crippen molar-refractivity contribution in [1.29, 1.82) is 0 Å². The Hall–Kier alpha value is -2.83. The SMILES string of the molecule is CC(=O)N(CC(=O)NCCc1ccccc1)c1ccc(C(F)(F)F)cc1. The number of carbonyl (C=O) groups is 2. The molecule has 138 valence electrons. The second kappa shape index (κ2) is 8.51. The minimum atomic E-state index is -4.45. The number of amides is 2. The smallest absolute Gasteiger partial charge is 0.354 e. The lowest BCUT2D eigenvalue weighted by atomic mass is 10.1. The number of alkyl halides is 3. The van der Waals surface area contributed by atoms with Gasteiger partial charge in [-0.15, -0.1) is 0 Å². The lowest BCUT2D eigenvalue weighted by Crippen LogP contribution is -2.40. The van der Waals surface area contributed by atoms with Gasteiger partial charge in [-0.1, -0.05) is 30.3 Å². The van der Waals surface area contributed by atoms with E-state index in [0.717, 1.165) is 22.6 Å². The Morgan fingerprint density at radius 1 is 1.00 bits per heavy atom. The molecule has 2 aromatic rings. The topological polar surface area (TPSA) is 49.4 Å². The van der Waals surface area contributed by atoms with Crippen LogP contribution < -0.4 is 10.2 Å². The molecule has 0 saturated heterocycles. The fourth-order valence-electron chi connectivity index (χ4n) is 2.41. The van der Waals surface area contributed by atoms with Crippen molar-refractivity contribution in [3.63, 3.8) is 0 Å². The normalized spacial score (nSPS) is 11.1. The van der Waals surface area contributed by atoms with E-state index in [1.54, 1.807) is 0 Å². The molecule has 0 radical (unpaired) electrons. The fourth-order valence-corrected chi connectivity index (χ4v) is 2.41. The molecular weight excluding hydrogens is 345 g/mol. The van der Waals surface area contributed by atoms with Gasteiger partial charge < -0.3 is 10.2 Å². The Morgan fingerprint density at radius 2 is 1.62 bits per heavy atom. The van der Waals surface area contributed by atoms with Gasteiger partial charge in [0.2, 0.25) is 11.8 Å². The molecule has 0 heterocycles. The number of hydrogen-bond acceptors (Lipinski definition) is 2. The Labute approximate surface area is 149 Å². The van der Waals surface area contributed by atoms with Crippen LogP contribution >= 0.6 is 0 Å². The van der Waals surface area contributed by atoms with Gasteiger partial charge in [-0.3, -0.25) is 9.59 Å². The molecule has 0 aromatic heterocycles. The van der Waals surface area contributed by atoms with Crippen molar-refractivity contribution in [2.24, 2.45) is 0 Å². The molecule has 2 aromatic carbocycles. The summed E-state index contributed by atoms with van der Waals surface area (Å²) in [5.41, 5.74) is 0.500. The van der Waals surface area contributed by atoms with Crippen LogP contribution in [-0.4, -0.2) is 24.9 Å². The van der Waals surface area contributed by atoms with Gasteiger partial charge in [-0.25, -0.2) is 0 Å². The van der Waals surface area contributed by atoms with Gasteiger partial charge in [0, 0.05) is 19.2 Å². The average molecular weight is 364 g/mol. The highest BCUT2D eigenvalue weighted by Crippen LogP contribution is 2.30. The van der Waals surface area contributed by atoms with Crippen molar-refractivity contribution in [2.75, 3.05) is 18.0 Å². The van der Waals surface area contributed by atoms with Crippen LogP contribution in [0.15, 0.2) is 54.6 Å². The summed E-state index contributed by atoms with van der Waals surface area (Å²) in [6, 6.07) is 13.7. The van der Waals surface area contributed by atoms with E-state index in [4.69, 9.17) is 0 Å². The van der Waals surface area contributed by atoms with Crippen LogP contribution in [0.5, 0.6) is 0 Å². The number of rotatable bonds is 6. The molecule has 0 atom stereocenters. The van der Waals surface area contributed by atoms with E-state index in [9.17, 15) is 22.8 Å². The zero-order valence-corrected chi connectivity index (χ0v) is 14.2. The first-order chi connectivity index (χ1) is 12.3. The summed E-state index contributed by atoms with van der Waals surface area (Å²) < 4.78 is 37.9. The molecule has 26 heavy (non-hydrogen) atoms. The van der Waals surface area contributed by atoms with E-state index < -0.39 is 17.6 Å². The molecule has 4 nitrogen and oxygen atoms in total. The van der Waals surface area contributed by atoms with Gasteiger partial charge in [0.25, 0.3) is 0 Å². The molecule has 0 unspecified atom stereocenters. The third-order valence-electron chi connectivity index (χ3n) is 3.77. The van der Waals surface area contributed by atoms with Crippen molar-refractivity contribution < 1.29 is 22.8 Å². The second-order valence-corrected chi connectivity index (χ2v) is 5.74. The minimum Gasteiger partial charge on any atom is -0.354 e. The van der Waals surface area contributed by atoms with Crippen LogP contribution in [0.2, 0.25) is 0 Å². The zero-order valence-electron chi connectivity index (χ0n) is 14.2. The molecule has 0 fully saturated rings. The average Bonchev–Trinajstić information content (AvgIpc) is 2.60. The van der Waals surface area contributed by atoms with Crippen molar-refractivity contribution in [2.45, 2.75) is 19.5 Å². The van der Waals surface area contributed by atoms with Crippen LogP contribution in [0.4, 0.5) is 18.9 Å². The molecule has 1 N–H and O–H groups in total. The molecule has 0 spiro atoms. The number of nitrogens with zero attached hydrogens (tertiary/aromatic N) is 1. The highest BCUT2D eigenvalue weighted by molar-refractivity contribution is 5.97. The predicted octanol–water partition coefficient (Wildman–Crippen LogP) is 3.42. The quantitative estimate of drug-likeness (QED) is 0.854. The number of hydrogen-bond donors (Lipinski definition) is 1. The highest BCUT2D eigenvalue weighted by atomic mass is 19.4. The van der Waals surface area contributed by atoms with Crippen LogP contribution in [0, 0.1) is 0 Å². The summed E-state index contributed by atoms with van der Waals surface area (Å²) >= 11 is 0. The summed E-state index contributed by atoms with van der Waals surface area (Å²) in [6.45, 7) is 1.41. The maximum Gasteiger partial charge on any atom is 0.416 e. The fraction of sp³-hybridized carbons (Fsp3) is 0.263. The molecule has 0 bridgehead atoms. The first-order valence-corrected chi connectivity index (χ1v) is 8.03. The number of nitrogens with one attached hydrogen (secondary N) is 1. The summed E-state index contributed by atoms with van der Waals surface area (Å²) in [4.78, 5) is 25.0. The lowest BCUT2D eigenvalue weighted by Gasteiger charge is -2.21. The molecule has 0 saturated carbocycles. The van der Waals surface area contributed by atoms with E-state index >= 15 is 0 Å². The number of anilines is 1. The van der Waals surface area contributed by atoms with Crippen LogP contribution in [0.1, 0.15) is 18.1 Å². The van der Waals surface area contributed by atoms with Gasteiger partial charge in [0.05, 0.1) is 5.56 Å². The maximum atomic E-state index is 12.6. The molecule has 2 amide bonds. The molecule has 2 rings (SSSR count). The summed E-state index contributed by atoms with van der Waals surface area (Å²) in [7, 11) is 0. The third kappa shape index (κ3) is 5.61. The lowest BCUT2D eigenvalue weighted by molar-refractivity contribution is -0.137. The highest BCUT2D eigenvalue weighted by Gasteiger charge is 2.30. The number of carbonyl (C=O) groups excluding carboxylic acids is 2. The Balaban J connectivity index is 1.95. The number of halogens is 3. The third-order valence-corrected chi connectivity index (χ3v) is 3.77. The van der Waals surface area contributed by atoms with Crippen molar-refractivity contribution in [1.82, 2.24) is 5.32 Å². The Morgan fingerprint density at radius 3 is 2.15 bits per heavy atom. The number of benzene rings is 2. The van der Waals surface area contributed by atoms with E-state index in [1.165, 1.54) is 19.1 Å². The van der Waals surface area contributed by atoms with E-state index in [2.05, 4.69) is 5.32 Å². The summed E-state index contributed by atoms with van der Waals surface area (Å²) in [5, 5.41) is 2.71. The first-order valence-electron chi connectivity index (χ1n) is 8.03. The van der Waals surface area contributed by atoms with E-state index in [0.29, 0.717) is 13.0 Å². The first kappa shape index (κ1) is 19.5. The van der Waals surface area contributed by atoms with Gasteiger partial charge in [-0.05, 0) is 36.2 Å². The predicted molar refractivity (Wildman–Crippen MR) is 92.6 cm³/mol. The van der Waals surface area contributed by atoms with Crippen molar-refractivity contribution in [3.05, 3.63) is 65.7 Å². The molecule has 0 aliphatic carbocycles. The van der Waals surface area contributed by atoms with Gasteiger partial charge in [-0.2, -0.15) is 13.2 Å². The largest absolute Gasteiger partial charge is 0.416 e. The standard InChI is InChI=1S/C19H19F3N2O2/c1-14(25)24(17-9-7-16(8-10-17)19(20,21)22)13-18(26)23-12-11-15-5-3-2-4-6-15/h2-10H,11-13H2,1H3,(H,23,26). The van der Waals surface area contributed by atoms with Gasteiger partial charge >= 0.3 is 6.18 Å². The summed E-state index contributed by atoms with van der Waals surface area (Å²) in [5.74, 6) is -0.806. The van der Waals surface area contributed by atoms with Gasteiger partial charge in [0.15, 0.2) is 0 Å². The zero-order chi connectivity index (χ0) is 19.2. The van der Waals surface area contributed by atoms with Crippen LogP contribution in [-0.2, 0) is 22.2 Å². The van der Waals surface area contributed by atoms with Crippen LogP contribution in [0.25, 0.3) is 0 Å². The maximum absolute atomic E-state index is 12.6. The molecule has 0 aliphatic rings. The molecular formula is C19H19F3N2O2.